The molecule has 0 heterocycles. The second-order valence-electron chi connectivity index (χ2n) is 5.58. The normalized spacial score (nSPS) is 26.2. The van der Waals surface area contributed by atoms with Crippen LogP contribution < -0.4 is 0 Å². The van der Waals surface area contributed by atoms with Crippen LogP contribution in [0.1, 0.15) is 46.0 Å². The summed E-state index contributed by atoms with van der Waals surface area (Å²) in [6.45, 7) is 4.63. The third kappa shape index (κ3) is 5.04. The van der Waals surface area contributed by atoms with Gasteiger partial charge in [-0.3, -0.25) is 4.79 Å². The largest absolute Gasteiger partial charge is 0.694 e. The Hall–Kier alpha value is 0.170. The molecule has 1 aliphatic rings. The monoisotopic (exact) mass is 339 g/mol. The summed E-state index contributed by atoms with van der Waals surface area (Å²) in [5.41, 5.74) is 0.0766. The second kappa shape index (κ2) is 7.09. The molecule has 0 radical (unpaired) electrons. The number of rotatable bonds is 6. The molecule has 0 aromatic rings. The zero-order chi connectivity index (χ0) is 13.8. The van der Waals surface area contributed by atoms with Gasteiger partial charge in [0.25, 0.3) is 0 Å². The summed E-state index contributed by atoms with van der Waals surface area (Å²) in [6, 6.07) is 0. The molecule has 0 bridgehead atoms. The summed E-state index contributed by atoms with van der Waals surface area (Å²) >= 11 is 3.40. The van der Waals surface area contributed by atoms with Crippen molar-refractivity contribution in [3.05, 3.63) is 0 Å². The quantitative estimate of drug-likeness (QED) is 0.456. The van der Waals surface area contributed by atoms with Crippen molar-refractivity contribution in [2.45, 2.75) is 50.8 Å². The van der Waals surface area contributed by atoms with E-state index in [9.17, 15) is 9.36 Å². The van der Waals surface area contributed by atoms with Gasteiger partial charge in [-0.15, -0.1) is 9.42 Å². The van der Waals surface area contributed by atoms with Gasteiger partial charge in [-0.05, 0) is 37.0 Å². The first-order valence-electron chi connectivity index (χ1n) is 6.29. The first-order valence-corrected chi connectivity index (χ1v) is 8.33. The molecule has 18 heavy (non-hydrogen) atoms. The van der Waals surface area contributed by atoms with E-state index in [0.717, 1.165) is 25.7 Å². The van der Waals surface area contributed by atoms with Gasteiger partial charge in [-0.2, -0.15) is 0 Å². The molecule has 0 aromatic carbocycles. The maximum atomic E-state index is 11.7. The molecule has 1 aliphatic carbocycles. The van der Waals surface area contributed by atoms with Crippen molar-refractivity contribution in [2.24, 2.45) is 11.3 Å². The SMILES string of the molecule is CC(C)(CCCO[P+](=O)O)C1CCC(Br)C(=O)C1. The molecule has 0 saturated heterocycles. The van der Waals surface area contributed by atoms with Gasteiger partial charge in [0.05, 0.1) is 4.83 Å². The molecule has 104 valence electrons. The smallest absolute Gasteiger partial charge is 0.298 e. The number of hydrogen-bond acceptors (Lipinski definition) is 3. The summed E-state index contributed by atoms with van der Waals surface area (Å²) in [5.74, 6) is 0.704. The third-order valence-electron chi connectivity index (χ3n) is 3.84. The molecule has 1 fully saturated rings. The number of carbonyl (C=O) groups excluding carboxylic acids is 1. The van der Waals surface area contributed by atoms with Crippen molar-refractivity contribution < 1.29 is 18.8 Å². The average molecular weight is 340 g/mol. The number of halogens is 1. The van der Waals surface area contributed by atoms with Crippen LogP contribution in [-0.2, 0) is 13.9 Å². The number of hydrogen-bond donors (Lipinski definition) is 1. The maximum absolute atomic E-state index is 11.7. The van der Waals surface area contributed by atoms with Crippen LogP contribution in [0.15, 0.2) is 0 Å². The molecule has 3 unspecified atom stereocenters. The summed E-state index contributed by atoms with van der Waals surface area (Å²) < 4.78 is 15.0. The average Bonchev–Trinajstić information content (AvgIpc) is 2.28. The van der Waals surface area contributed by atoms with Crippen LogP contribution in [0.4, 0.5) is 0 Å². The van der Waals surface area contributed by atoms with Crippen molar-refractivity contribution >= 4 is 30.0 Å². The molecule has 3 atom stereocenters. The summed E-state index contributed by atoms with van der Waals surface area (Å²) in [6.07, 6.45) is 4.26. The summed E-state index contributed by atoms with van der Waals surface area (Å²) in [7, 11) is -2.49. The Morgan fingerprint density at radius 3 is 2.72 bits per heavy atom. The Morgan fingerprint density at radius 1 is 1.50 bits per heavy atom. The van der Waals surface area contributed by atoms with Gasteiger partial charge in [0.2, 0.25) is 0 Å². The van der Waals surface area contributed by atoms with Crippen molar-refractivity contribution in [2.75, 3.05) is 6.61 Å². The lowest BCUT2D eigenvalue weighted by molar-refractivity contribution is -0.122. The van der Waals surface area contributed by atoms with Crippen LogP contribution in [0, 0.1) is 11.3 Å². The minimum atomic E-state index is -2.49. The van der Waals surface area contributed by atoms with E-state index >= 15 is 0 Å². The van der Waals surface area contributed by atoms with E-state index in [-0.39, 0.29) is 10.2 Å². The second-order valence-corrected chi connectivity index (χ2v) is 7.41. The standard InChI is InChI=1S/C12H20BrO4P/c1-12(2,6-3-7-17-18(15)16)9-4-5-10(13)11(14)8-9/h9-10H,3-8H2,1-2H3/p+1. The van der Waals surface area contributed by atoms with Crippen molar-refractivity contribution in [3.8, 4) is 0 Å². The highest BCUT2D eigenvalue weighted by atomic mass is 79.9. The fourth-order valence-electron chi connectivity index (χ4n) is 2.52. The van der Waals surface area contributed by atoms with Gasteiger partial charge in [0.1, 0.15) is 12.4 Å². The van der Waals surface area contributed by atoms with Crippen LogP contribution in [0.2, 0.25) is 0 Å². The van der Waals surface area contributed by atoms with Crippen LogP contribution in [-0.4, -0.2) is 22.1 Å². The molecular formula is C12H21BrO4P+. The highest BCUT2D eigenvalue weighted by Crippen LogP contribution is 2.41. The summed E-state index contributed by atoms with van der Waals surface area (Å²) in [4.78, 5) is 20.3. The minimum Gasteiger partial charge on any atom is -0.298 e. The van der Waals surface area contributed by atoms with E-state index in [2.05, 4.69) is 34.3 Å². The van der Waals surface area contributed by atoms with Gasteiger partial charge in [-0.1, -0.05) is 29.8 Å². The maximum Gasteiger partial charge on any atom is 0.694 e. The Morgan fingerprint density at radius 2 is 2.17 bits per heavy atom. The molecule has 1 N–H and O–H groups in total. The zero-order valence-corrected chi connectivity index (χ0v) is 13.4. The number of carbonyl (C=O) groups is 1. The molecule has 1 rings (SSSR count). The Bertz CT molecular complexity index is 319. The predicted octanol–water partition coefficient (Wildman–Crippen LogP) is 3.59. The Balaban J connectivity index is 2.38. The zero-order valence-electron chi connectivity index (χ0n) is 10.9. The van der Waals surface area contributed by atoms with Gasteiger partial charge >= 0.3 is 8.25 Å². The van der Waals surface area contributed by atoms with Crippen LogP contribution in [0.25, 0.3) is 0 Å². The van der Waals surface area contributed by atoms with E-state index in [1.807, 2.05) is 0 Å². The molecule has 0 spiro atoms. The van der Waals surface area contributed by atoms with Gasteiger partial charge in [0.15, 0.2) is 0 Å². The van der Waals surface area contributed by atoms with Gasteiger partial charge in [-0.25, -0.2) is 0 Å². The molecule has 0 aromatic heterocycles. The molecule has 1 saturated carbocycles. The fourth-order valence-corrected chi connectivity index (χ4v) is 3.26. The number of Topliss-reactive ketones (excluding diaryl/α,β-unsaturated/α-hetero) is 1. The first kappa shape index (κ1) is 16.2. The molecule has 0 amide bonds. The Kier molecular flexibility index (Phi) is 6.39. The van der Waals surface area contributed by atoms with Gasteiger partial charge < -0.3 is 0 Å². The number of ketones is 1. The lowest BCUT2D eigenvalue weighted by atomic mass is 9.68. The van der Waals surface area contributed by atoms with E-state index in [0.29, 0.717) is 24.7 Å². The van der Waals surface area contributed by atoms with E-state index in [1.54, 1.807) is 0 Å². The molecular weight excluding hydrogens is 319 g/mol. The fraction of sp³-hybridized carbons (Fsp3) is 0.917. The minimum absolute atomic E-state index is 0.0336. The van der Waals surface area contributed by atoms with E-state index in [1.165, 1.54) is 0 Å². The lowest BCUT2D eigenvalue weighted by Gasteiger charge is -2.37. The topological polar surface area (TPSA) is 63.6 Å². The van der Waals surface area contributed by atoms with E-state index in [4.69, 9.17) is 4.89 Å². The highest BCUT2D eigenvalue weighted by molar-refractivity contribution is 9.10. The highest BCUT2D eigenvalue weighted by Gasteiger charge is 2.36. The van der Waals surface area contributed by atoms with Crippen LogP contribution in [0.5, 0.6) is 0 Å². The van der Waals surface area contributed by atoms with Crippen LogP contribution in [0.3, 0.4) is 0 Å². The lowest BCUT2D eigenvalue weighted by Crippen LogP contribution is -2.34. The Labute approximate surface area is 118 Å². The van der Waals surface area contributed by atoms with Crippen LogP contribution >= 0.6 is 24.2 Å². The molecule has 6 heteroatoms. The summed E-state index contributed by atoms with van der Waals surface area (Å²) in [5, 5.41) is 0. The first-order chi connectivity index (χ1) is 8.33. The third-order valence-corrected chi connectivity index (χ3v) is 5.21. The molecule has 0 aliphatic heterocycles. The predicted molar refractivity (Wildman–Crippen MR) is 73.9 cm³/mol. The van der Waals surface area contributed by atoms with Crippen molar-refractivity contribution in [3.63, 3.8) is 0 Å². The molecule has 4 nitrogen and oxygen atoms in total. The van der Waals surface area contributed by atoms with Crippen molar-refractivity contribution in [1.29, 1.82) is 0 Å². The van der Waals surface area contributed by atoms with Gasteiger partial charge in [0, 0.05) is 11.0 Å². The van der Waals surface area contributed by atoms with E-state index < -0.39 is 8.25 Å². The number of alkyl halides is 1. The van der Waals surface area contributed by atoms with Crippen molar-refractivity contribution in [1.82, 2.24) is 0 Å².